The monoisotopic (exact) mass is 352 g/mol. The predicted octanol–water partition coefficient (Wildman–Crippen LogP) is 3.87. The SMILES string of the molecule is O=C1CC2CCCC(C1)N2c1ccc(N2C3CCCC2CC(=O)C3)cc1. The van der Waals surface area contributed by atoms with Crippen LogP contribution in [0.1, 0.15) is 64.2 Å². The average Bonchev–Trinajstić information content (AvgIpc) is 2.60. The summed E-state index contributed by atoms with van der Waals surface area (Å²) in [5.74, 6) is 0.886. The molecule has 138 valence electrons. The highest BCUT2D eigenvalue weighted by Crippen LogP contribution is 2.39. The van der Waals surface area contributed by atoms with Crippen molar-refractivity contribution in [1.82, 2.24) is 0 Å². The normalized spacial score (nSPS) is 34.2. The highest BCUT2D eigenvalue weighted by molar-refractivity contribution is 5.84. The minimum absolute atomic E-state index is 0.396. The second kappa shape index (κ2) is 6.40. The van der Waals surface area contributed by atoms with Crippen molar-refractivity contribution < 1.29 is 9.59 Å². The maximum atomic E-state index is 12.0. The Morgan fingerprint density at radius 1 is 0.577 bits per heavy atom. The summed E-state index contributed by atoms with van der Waals surface area (Å²) in [6.07, 6.45) is 9.95. The molecule has 0 spiro atoms. The standard InChI is InChI=1S/C22H28N2O2/c25-21-11-17-3-1-4-18(12-21)23(17)15-7-9-16(10-8-15)24-19-5-2-6-20(24)14-22(26)13-19/h7-10,17-20H,1-6,11-14H2. The minimum Gasteiger partial charge on any atom is -0.365 e. The summed E-state index contributed by atoms with van der Waals surface area (Å²) in [4.78, 5) is 29.0. The molecule has 0 radical (unpaired) electrons. The number of rotatable bonds is 2. The van der Waals surface area contributed by atoms with Crippen LogP contribution in [0.5, 0.6) is 0 Å². The summed E-state index contributed by atoms with van der Waals surface area (Å²) in [7, 11) is 0. The molecule has 4 atom stereocenters. The molecular weight excluding hydrogens is 324 g/mol. The van der Waals surface area contributed by atoms with Crippen LogP contribution in [0.15, 0.2) is 24.3 Å². The number of hydrogen-bond acceptors (Lipinski definition) is 4. The molecule has 0 aromatic heterocycles. The van der Waals surface area contributed by atoms with Gasteiger partial charge in [0.05, 0.1) is 0 Å². The van der Waals surface area contributed by atoms with Gasteiger partial charge in [0, 0.05) is 61.2 Å². The molecule has 5 rings (SSSR count). The molecule has 4 aliphatic heterocycles. The maximum absolute atomic E-state index is 12.0. The van der Waals surface area contributed by atoms with Gasteiger partial charge in [-0.2, -0.15) is 0 Å². The lowest BCUT2D eigenvalue weighted by Crippen LogP contribution is -2.53. The Labute approximate surface area is 155 Å². The van der Waals surface area contributed by atoms with Gasteiger partial charge in [-0.05, 0) is 62.8 Å². The number of anilines is 2. The van der Waals surface area contributed by atoms with Crippen LogP contribution < -0.4 is 9.80 Å². The van der Waals surface area contributed by atoms with Crippen molar-refractivity contribution in [1.29, 1.82) is 0 Å². The molecular formula is C22H28N2O2. The third-order valence-electron chi connectivity index (χ3n) is 7.02. The zero-order valence-corrected chi connectivity index (χ0v) is 15.4. The highest BCUT2D eigenvalue weighted by Gasteiger charge is 2.39. The number of hydrogen-bond donors (Lipinski definition) is 0. The molecule has 4 fully saturated rings. The number of benzene rings is 1. The smallest absolute Gasteiger partial charge is 0.137 e. The molecule has 26 heavy (non-hydrogen) atoms. The van der Waals surface area contributed by atoms with Crippen molar-refractivity contribution in [2.24, 2.45) is 0 Å². The van der Waals surface area contributed by atoms with Crippen molar-refractivity contribution in [3.8, 4) is 0 Å². The average molecular weight is 352 g/mol. The van der Waals surface area contributed by atoms with Gasteiger partial charge >= 0.3 is 0 Å². The molecule has 0 saturated carbocycles. The van der Waals surface area contributed by atoms with Crippen molar-refractivity contribution in [2.75, 3.05) is 9.80 Å². The van der Waals surface area contributed by atoms with E-state index in [0.717, 1.165) is 51.4 Å². The molecule has 1 aromatic rings. The van der Waals surface area contributed by atoms with Gasteiger partial charge in [-0.25, -0.2) is 0 Å². The minimum atomic E-state index is 0.396. The molecule has 4 heteroatoms. The van der Waals surface area contributed by atoms with Gasteiger partial charge in [0.15, 0.2) is 0 Å². The lowest BCUT2D eigenvalue weighted by Gasteiger charge is -2.48. The van der Waals surface area contributed by atoms with E-state index in [1.54, 1.807) is 0 Å². The second-order valence-electron chi connectivity index (χ2n) is 8.70. The molecule has 0 N–H and O–H groups in total. The van der Waals surface area contributed by atoms with E-state index in [-0.39, 0.29) is 0 Å². The lowest BCUT2D eigenvalue weighted by atomic mass is 9.82. The number of carbonyl (C=O) groups excluding carboxylic acids is 2. The first-order valence-corrected chi connectivity index (χ1v) is 10.4. The van der Waals surface area contributed by atoms with E-state index in [1.807, 2.05) is 0 Å². The van der Waals surface area contributed by atoms with Crippen LogP contribution in [0, 0.1) is 0 Å². The summed E-state index contributed by atoms with van der Waals surface area (Å²) in [6.45, 7) is 0. The summed E-state index contributed by atoms with van der Waals surface area (Å²) >= 11 is 0. The van der Waals surface area contributed by atoms with E-state index in [2.05, 4.69) is 34.1 Å². The van der Waals surface area contributed by atoms with Crippen molar-refractivity contribution in [2.45, 2.75) is 88.4 Å². The van der Waals surface area contributed by atoms with Crippen molar-refractivity contribution in [3.63, 3.8) is 0 Å². The fourth-order valence-corrected chi connectivity index (χ4v) is 5.99. The molecule has 4 bridgehead atoms. The van der Waals surface area contributed by atoms with Crippen LogP contribution in [0.25, 0.3) is 0 Å². The van der Waals surface area contributed by atoms with Crippen LogP contribution in [0.4, 0.5) is 11.4 Å². The van der Waals surface area contributed by atoms with Gasteiger partial charge in [0.1, 0.15) is 11.6 Å². The van der Waals surface area contributed by atoms with Crippen LogP contribution in [-0.2, 0) is 9.59 Å². The molecule has 4 aliphatic rings. The zero-order valence-electron chi connectivity index (χ0n) is 15.4. The van der Waals surface area contributed by atoms with E-state index in [1.165, 1.54) is 24.2 Å². The predicted molar refractivity (Wildman–Crippen MR) is 103 cm³/mol. The zero-order chi connectivity index (χ0) is 17.7. The van der Waals surface area contributed by atoms with E-state index >= 15 is 0 Å². The molecule has 1 aromatic carbocycles. The highest BCUT2D eigenvalue weighted by atomic mass is 16.1. The number of carbonyl (C=O) groups is 2. The van der Waals surface area contributed by atoms with E-state index in [9.17, 15) is 9.59 Å². The van der Waals surface area contributed by atoms with Gasteiger partial charge in [-0.15, -0.1) is 0 Å². The summed E-state index contributed by atoms with van der Waals surface area (Å²) in [5.41, 5.74) is 2.54. The van der Waals surface area contributed by atoms with Crippen LogP contribution >= 0.6 is 0 Å². The van der Waals surface area contributed by atoms with Crippen molar-refractivity contribution in [3.05, 3.63) is 24.3 Å². The summed E-state index contributed by atoms with van der Waals surface area (Å²) < 4.78 is 0. The molecule has 4 saturated heterocycles. The van der Waals surface area contributed by atoms with Crippen LogP contribution in [0.2, 0.25) is 0 Å². The van der Waals surface area contributed by atoms with E-state index in [0.29, 0.717) is 35.7 Å². The van der Waals surface area contributed by atoms with Crippen molar-refractivity contribution >= 4 is 22.9 Å². The largest absolute Gasteiger partial charge is 0.365 e. The van der Waals surface area contributed by atoms with Crippen LogP contribution in [0.3, 0.4) is 0 Å². The first-order valence-electron chi connectivity index (χ1n) is 10.4. The summed E-state index contributed by atoms with van der Waals surface area (Å²) in [6, 6.07) is 10.6. The molecule has 4 unspecified atom stereocenters. The Morgan fingerprint density at radius 3 is 1.19 bits per heavy atom. The Kier molecular flexibility index (Phi) is 4.02. The Balaban J connectivity index is 1.39. The lowest BCUT2D eigenvalue weighted by molar-refractivity contribution is -0.122. The van der Waals surface area contributed by atoms with Gasteiger partial charge < -0.3 is 9.80 Å². The molecule has 0 aliphatic carbocycles. The number of fused-ring (bicyclic) bond motifs is 4. The topological polar surface area (TPSA) is 40.6 Å². The first-order chi connectivity index (χ1) is 12.7. The fraction of sp³-hybridized carbons (Fsp3) is 0.636. The summed E-state index contributed by atoms with van der Waals surface area (Å²) in [5, 5.41) is 0. The molecule has 4 heterocycles. The van der Waals surface area contributed by atoms with E-state index in [4.69, 9.17) is 0 Å². The molecule has 0 amide bonds. The maximum Gasteiger partial charge on any atom is 0.137 e. The first kappa shape index (κ1) is 16.3. The Morgan fingerprint density at radius 2 is 0.885 bits per heavy atom. The van der Waals surface area contributed by atoms with Gasteiger partial charge in [-0.1, -0.05) is 0 Å². The Hall–Kier alpha value is -1.84. The van der Waals surface area contributed by atoms with Gasteiger partial charge in [0.2, 0.25) is 0 Å². The number of ketones is 2. The van der Waals surface area contributed by atoms with Gasteiger partial charge in [0.25, 0.3) is 0 Å². The third-order valence-corrected chi connectivity index (χ3v) is 7.02. The Bertz CT molecular complexity index is 620. The number of nitrogens with zero attached hydrogens (tertiary/aromatic N) is 2. The number of Topliss-reactive ketones (excluding diaryl/α,β-unsaturated/α-hetero) is 2. The van der Waals surface area contributed by atoms with E-state index < -0.39 is 0 Å². The fourth-order valence-electron chi connectivity index (χ4n) is 5.99. The quantitative estimate of drug-likeness (QED) is 0.810. The van der Waals surface area contributed by atoms with Gasteiger partial charge in [-0.3, -0.25) is 9.59 Å². The molecule has 4 nitrogen and oxygen atoms in total. The van der Waals surface area contributed by atoms with Crippen LogP contribution in [-0.4, -0.2) is 35.7 Å². The number of piperidine rings is 4. The third kappa shape index (κ3) is 2.74. The second-order valence-corrected chi connectivity index (χ2v) is 8.70.